The number of aryl methyl sites for hydroxylation is 1. The summed E-state index contributed by atoms with van der Waals surface area (Å²) < 4.78 is 31.4. The minimum Gasteiger partial charge on any atom is -0.491 e. The van der Waals surface area contributed by atoms with Gasteiger partial charge in [0.15, 0.2) is 0 Å². The Morgan fingerprint density at radius 3 is 2.29 bits per heavy atom. The Labute approximate surface area is 183 Å². The number of hydrogen-bond donors (Lipinski definition) is 1. The van der Waals surface area contributed by atoms with Crippen LogP contribution in [-0.4, -0.2) is 40.3 Å². The molecule has 0 bridgehead atoms. The van der Waals surface area contributed by atoms with Crippen LogP contribution in [0.3, 0.4) is 0 Å². The fraction of sp³-hybridized carbons (Fsp3) is 0.208. The smallest absolute Gasteiger partial charge is 0.240 e. The molecule has 7 heteroatoms. The second kappa shape index (κ2) is 10.1. The molecule has 3 rings (SSSR count). The van der Waals surface area contributed by atoms with Crippen LogP contribution in [0.15, 0.2) is 78.9 Å². The van der Waals surface area contributed by atoms with E-state index in [2.05, 4.69) is 5.32 Å². The van der Waals surface area contributed by atoms with Crippen molar-refractivity contribution in [2.45, 2.75) is 6.92 Å². The predicted octanol–water partition coefficient (Wildman–Crippen LogP) is 3.62. The molecule has 0 aliphatic carbocycles. The Bertz CT molecular complexity index is 1130. The summed E-state index contributed by atoms with van der Waals surface area (Å²) in [5.74, 6) is 0.328. The molecule has 0 fully saturated rings. The number of hydrogen-bond acceptors (Lipinski definition) is 4. The standard InChI is InChI=1S/C24H26N2O4S/c1-19-10-6-8-14-22(19)26(31(2,28)29)18-24(27)25-16-17-30-23-15-9-7-13-21(23)20-11-4-3-5-12-20/h3-15H,16-18H2,1-2H3,(H,25,27). The molecule has 0 aliphatic heterocycles. The largest absolute Gasteiger partial charge is 0.491 e. The van der Waals surface area contributed by atoms with Gasteiger partial charge in [0.05, 0.1) is 18.5 Å². The van der Waals surface area contributed by atoms with E-state index in [9.17, 15) is 13.2 Å². The van der Waals surface area contributed by atoms with Gasteiger partial charge in [-0.3, -0.25) is 9.10 Å². The SMILES string of the molecule is Cc1ccccc1N(CC(=O)NCCOc1ccccc1-c1ccccc1)S(C)(=O)=O. The molecule has 0 aliphatic rings. The van der Waals surface area contributed by atoms with Crippen LogP contribution in [-0.2, 0) is 14.8 Å². The monoisotopic (exact) mass is 438 g/mol. The van der Waals surface area contributed by atoms with E-state index in [1.165, 1.54) is 0 Å². The summed E-state index contributed by atoms with van der Waals surface area (Å²) >= 11 is 0. The van der Waals surface area contributed by atoms with Crippen molar-refractivity contribution in [1.82, 2.24) is 5.32 Å². The number of ether oxygens (including phenoxy) is 1. The summed E-state index contributed by atoms with van der Waals surface area (Å²) in [6.07, 6.45) is 1.09. The van der Waals surface area contributed by atoms with Gasteiger partial charge in [0.25, 0.3) is 0 Å². The van der Waals surface area contributed by atoms with E-state index in [0.717, 1.165) is 33.0 Å². The van der Waals surface area contributed by atoms with Gasteiger partial charge in [0.2, 0.25) is 15.9 Å². The highest BCUT2D eigenvalue weighted by Gasteiger charge is 2.21. The first kappa shape index (κ1) is 22.4. The van der Waals surface area contributed by atoms with Gasteiger partial charge in [0, 0.05) is 5.56 Å². The van der Waals surface area contributed by atoms with E-state index in [1.54, 1.807) is 12.1 Å². The molecular formula is C24H26N2O4S. The topological polar surface area (TPSA) is 75.7 Å². The number of nitrogens with zero attached hydrogens (tertiary/aromatic N) is 1. The third-order valence-electron chi connectivity index (χ3n) is 4.73. The lowest BCUT2D eigenvalue weighted by atomic mass is 10.1. The molecule has 0 heterocycles. The Morgan fingerprint density at radius 1 is 0.935 bits per heavy atom. The van der Waals surface area contributed by atoms with Crippen molar-refractivity contribution < 1.29 is 17.9 Å². The van der Waals surface area contributed by atoms with E-state index in [4.69, 9.17) is 4.74 Å². The number of anilines is 1. The van der Waals surface area contributed by atoms with E-state index < -0.39 is 15.9 Å². The third-order valence-corrected chi connectivity index (χ3v) is 5.85. The van der Waals surface area contributed by atoms with Crippen LogP contribution in [0.1, 0.15) is 5.56 Å². The minimum absolute atomic E-state index is 0.257. The lowest BCUT2D eigenvalue weighted by Gasteiger charge is -2.23. The van der Waals surface area contributed by atoms with Gasteiger partial charge in [-0.1, -0.05) is 66.7 Å². The Morgan fingerprint density at radius 2 is 1.58 bits per heavy atom. The normalized spacial score (nSPS) is 11.0. The molecule has 1 N–H and O–H groups in total. The molecule has 6 nitrogen and oxygen atoms in total. The Balaban J connectivity index is 1.58. The molecule has 0 atom stereocenters. The van der Waals surface area contributed by atoms with Crippen LogP contribution >= 0.6 is 0 Å². The molecule has 3 aromatic rings. The molecule has 162 valence electrons. The van der Waals surface area contributed by atoms with Gasteiger partial charge in [-0.05, 0) is 30.2 Å². The van der Waals surface area contributed by atoms with Crippen molar-refractivity contribution in [3.8, 4) is 16.9 Å². The van der Waals surface area contributed by atoms with Gasteiger partial charge in [-0.2, -0.15) is 0 Å². The lowest BCUT2D eigenvalue weighted by Crippen LogP contribution is -2.41. The van der Waals surface area contributed by atoms with Gasteiger partial charge in [-0.15, -0.1) is 0 Å². The van der Waals surface area contributed by atoms with Crippen LogP contribution < -0.4 is 14.4 Å². The van der Waals surface area contributed by atoms with Crippen molar-refractivity contribution in [1.29, 1.82) is 0 Å². The van der Waals surface area contributed by atoms with Gasteiger partial charge >= 0.3 is 0 Å². The van der Waals surface area contributed by atoms with Gasteiger partial charge < -0.3 is 10.1 Å². The highest BCUT2D eigenvalue weighted by molar-refractivity contribution is 7.92. The first-order chi connectivity index (χ1) is 14.9. The maximum absolute atomic E-state index is 12.4. The van der Waals surface area contributed by atoms with Crippen molar-refractivity contribution in [2.75, 3.05) is 30.3 Å². The van der Waals surface area contributed by atoms with Gasteiger partial charge in [0.1, 0.15) is 18.9 Å². The van der Waals surface area contributed by atoms with Crippen molar-refractivity contribution in [3.05, 3.63) is 84.4 Å². The molecule has 0 unspecified atom stereocenters. The number of benzene rings is 3. The summed E-state index contributed by atoms with van der Waals surface area (Å²) in [6.45, 7) is 2.04. The van der Waals surface area contributed by atoms with Crippen molar-refractivity contribution in [2.24, 2.45) is 0 Å². The number of nitrogens with one attached hydrogen (secondary N) is 1. The Kier molecular flexibility index (Phi) is 7.31. The lowest BCUT2D eigenvalue weighted by molar-refractivity contribution is -0.119. The van der Waals surface area contributed by atoms with E-state index in [-0.39, 0.29) is 19.7 Å². The Hall–Kier alpha value is -3.32. The number of carbonyl (C=O) groups excluding carboxylic acids is 1. The van der Waals surface area contributed by atoms with Crippen LogP contribution in [0, 0.1) is 6.92 Å². The summed E-state index contributed by atoms with van der Waals surface area (Å²) in [6, 6.07) is 24.7. The zero-order valence-electron chi connectivity index (χ0n) is 17.6. The van der Waals surface area contributed by atoms with E-state index >= 15 is 0 Å². The summed E-state index contributed by atoms with van der Waals surface area (Å²) in [5, 5.41) is 2.73. The third kappa shape index (κ3) is 6.08. The number of amides is 1. The molecule has 0 radical (unpaired) electrons. The summed E-state index contributed by atoms with van der Waals surface area (Å²) in [5.41, 5.74) is 3.29. The van der Waals surface area contributed by atoms with Crippen molar-refractivity contribution >= 4 is 21.6 Å². The number of carbonyl (C=O) groups is 1. The van der Waals surface area contributed by atoms with Crippen LogP contribution in [0.2, 0.25) is 0 Å². The van der Waals surface area contributed by atoms with E-state index in [0.29, 0.717) is 5.69 Å². The minimum atomic E-state index is -3.60. The number of sulfonamides is 1. The fourth-order valence-corrected chi connectivity index (χ4v) is 4.12. The summed E-state index contributed by atoms with van der Waals surface area (Å²) in [4.78, 5) is 12.4. The maximum Gasteiger partial charge on any atom is 0.240 e. The molecule has 1 amide bonds. The fourth-order valence-electron chi connectivity index (χ4n) is 3.21. The molecule has 0 saturated heterocycles. The highest BCUT2D eigenvalue weighted by atomic mass is 32.2. The molecule has 0 aromatic heterocycles. The second-order valence-corrected chi connectivity index (χ2v) is 9.02. The first-order valence-electron chi connectivity index (χ1n) is 9.93. The molecule has 31 heavy (non-hydrogen) atoms. The van der Waals surface area contributed by atoms with E-state index in [1.807, 2.05) is 73.7 Å². The van der Waals surface area contributed by atoms with Crippen LogP contribution in [0.25, 0.3) is 11.1 Å². The van der Waals surface area contributed by atoms with Crippen LogP contribution in [0.4, 0.5) is 5.69 Å². The molecular weight excluding hydrogens is 412 g/mol. The quantitative estimate of drug-likeness (QED) is 0.518. The number of para-hydroxylation sites is 2. The zero-order valence-corrected chi connectivity index (χ0v) is 18.4. The average molecular weight is 439 g/mol. The van der Waals surface area contributed by atoms with Crippen molar-refractivity contribution in [3.63, 3.8) is 0 Å². The zero-order chi connectivity index (χ0) is 22.3. The maximum atomic E-state index is 12.4. The average Bonchev–Trinajstić information content (AvgIpc) is 2.76. The molecule has 0 spiro atoms. The predicted molar refractivity (Wildman–Crippen MR) is 124 cm³/mol. The molecule has 3 aromatic carbocycles. The highest BCUT2D eigenvalue weighted by Crippen LogP contribution is 2.29. The molecule has 0 saturated carbocycles. The summed E-state index contributed by atoms with van der Waals surface area (Å²) in [7, 11) is -3.60. The second-order valence-electron chi connectivity index (χ2n) is 7.12. The number of rotatable bonds is 9. The van der Waals surface area contributed by atoms with Gasteiger partial charge in [-0.25, -0.2) is 8.42 Å². The van der Waals surface area contributed by atoms with Crippen LogP contribution in [0.5, 0.6) is 5.75 Å². The first-order valence-corrected chi connectivity index (χ1v) is 11.8.